The van der Waals surface area contributed by atoms with Gasteiger partial charge in [-0.25, -0.2) is 18.2 Å². The predicted octanol–water partition coefficient (Wildman–Crippen LogP) is 8.18. The van der Waals surface area contributed by atoms with Gasteiger partial charge in [0.1, 0.15) is 0 Å². The van der Waals surface area contributed by atoms with Crippen LogP contribution in [0.5, 0.6) is 0 Å². The van der Waals surface area contributed by atoms with Gasteiger partial charge < -0.3 is 0 Å². The minimum Gasteiger partial charge on any atom is -0.213 e. The van der Waals surface area contributed by atoms with Crippen LogP contribution in [0.4, 0.5) is 0 Å². The van der Waals surface area contributed by atoms with E-state index in [0.29, 0.717) is 0 Å². The molecule has 0 aliphatic rings. The summed E-state index contributed by atoms with van der Waals surface area (Å²) in [7, 11) is 0. The number of unbranched alkanes of at least 4 members (excludes halogenated alkanes) is 4. The maximum atomic E-state index is 2.39. The zero-order chi connectivity index (χ0) is 19.0. The molecule has 0 atom stereocenters. The number of hydrogen-bond donors (Lipinski definition) is 0. The maximum Gasteiger partial charge on any atom is 2.00 e. The number of rotatable bonds is 12. The Bertz CT molecular complexity index is 507. The van der Waals surface area contributed by atoms with Gasteiger partial charge in [0.25, 0.3) is 0 Å². The van der Waals surface area contributed by atoms with Gasteiger partial charge in [0.05, 0.1) is 0 Å². The summed E-state index contributed by atoms with van der Waals surface area (Å²) in [5.41, 5.74) is 6.48. The first-order valence-electron chi connectivity index (χ1n) is 11.2. The second-order valence-electron chi connectivity index (χ2n) is 7.57. The first-order valence-corrected chi connectivity index (χ1v) is 11.2. The molecule has 0 radical (unpaired) electrons. The summed E-state index contributed by atoms with van der Waals surface area (Å²) in [5, 5.41) is 0. The second-order valence-corrected chi connectivity index (χ2v) is 7.57. The average Bonchev–Trinajstić information content (AvgIpc) is 3.31. The monoisotopic (exact) mass is 410 g/mol. The fourth-order valence-electron chi connectivity index (χ4n) is 3.45. The van der Waals surface area contributed by atoms with Gasteiger partial charge in [0.15, 0.2) is 0 Å². The molecule has 0 saturated heterocycles. The molecule has 0 aromatic heterocycles. The van der Waals surface area contributed by atoms with Crippen LogP contribution >= 0.6 is 0 Å². The van der Waals surface area contributed by atoms with Crippen LogP contribution in [-0.2, 0) is 42.8 Å². The van der Waals surface area contributed by atoms with E-state index in [1.165, 1.54) is 82.6 Å². The molecular formula is C26H42Fe. The van der Waals surface area contributed by atoms with Crippen LogP contribution in [0.15, 0.2) is 36.4 Å². The van der Waals surface area contributed by atoms with Crippen LogP contribution in [0.25, 0.3) is 0 Å². The van der Waals surface area contributed by atoms with Crippen molar-refractivity contribution in [2.75, 3.05) is 0 Å². The Morgan fingerprint density at radius 1 is 0.778 bits per heavy atom. The summed E-state index contributed by atoms with van der Waals surface area (Å²) in [6, 6.07) is 13.4. The van der Waals surface area contributed by atoms with E-state index < -0.39 is 0 Å². The van der Waals surface area contributed by atoms with Gasteiger partial charge in [-0.2, -0.15) is 40.5 Å². The molecular weight excluding hydrogens is 368 g/mol. The van der Waals surface area contributed by atoms with Crippen molar-refractivity contribution >= 4 is 0 Å². The van der Waals surface area contributed by atoms with Crippen LogP contribution < -0.4 is 0 Å². The third-order valence-corrected chi connectivity index (χ3v) is 5.19. The molecule has 2 aromatic rings. The van der Waals surface area contributed by atoms with Gasteiger partial charge in [-0.15, -0.1) is 0 Å². The standard InChI is InChI=1S/C17H29.C9H13.Fe/c1-4-7-10-15-13-14-16(11-8-5-2)17(15)12-9-6-3;1-2-3-6-9-7-4-5-8-9;/h13-14H,4-12H2,1-3H3;4-5,7-8H,2-3,6H2,1H3;/q2*-1;+2. The van der Waals surface area contributed by atoms with Crippen LogP contribution in [0.1, 0.15) is 101 Å². The number of aryl methyl sites for hydroxylation is 3. The first-order chi connectivity index (χ1) is 12.8. The molecule has 0 aliphatic carbocycles. The summed E-state index contributed by atoms with van der Waals surface area (Å²) in [4.78, 5) is 0. The third kappa shape index (κ3) is 11.0. The first kappa shape index (κ1) is 26.2. The van der Waals surface area contributed by atoms with Crippen LogP contribution in [0.3, 0.4) is 0 Å². The molecule has 0 fully saturated rings. The summed E-state index contributed by atoms with van der Waals surface area (Å²) in [5.74, 6) is 0. The second kappa shape index (κ2) is 17.3. The van der Waals surface area contributed by atoms with Crippen molar-refractivity contribution in [3.05, 3.63) is 58.7 Å². The van der Waals surface area contributed by atoms with Gasteiger partial charge in [0, 0.05) is 0 Å². The van der Waals surface area contributed by atoms with E-state index in [0.717, 1.165) is 0 Å². The SMILES string of the molecule is CCCCc1cc[c-](CCCC)c1CCCC.CCCCc1ccc[cH-]1.[Fe+2]. The molecule has 27 heavy (non-hydrogen) atoms. The van der Waals surface area contributed by atoms with E-state index in [9.17, 15) is 0 Å². The van der Waals surface area contributed by atoms with Crippen LogP contribution in [0, 0.1) is 0 Å². The molecule has 2 rings (SSSR count). The maximum absolute atomic E-state index is 2.39. The fourth-order valence-corrected chi connectivity index (χ4v) is 3.45. The Hall–Kier alpha value is -0.781. The van der Waals surface area contributed by atoms with Crippen molar-refractivity contribution in [2.45, 2.75) is 105 Å². The van der Waals surface area contributed by atoms with Crippen LogP contribution in [0.2, 0.25) is 0 Å². The molecule has 0 bridgehead atoms. The fraction of sp³-hybridized carbons (Fsp3) is 0.615. The van der Waals surface area contributed by atoms with Gasteiger partial charge in [-0.1, -0.05) is 105 Å². The van der Waals surface area contributed by atoms with Gasteiger partial charge >= 0.3 is 17.1 Å². The minimum atomic E-state index is 0. The van der Waals surface area contributed by atoms with Crippen molar-refractivity contribution in [1.82, 2.24) is 0 Å². The minimum absolute atomic E-state index is 0. The molecule has 0 amide bonds. The summed E-state index contributed by atoms with van der Waals surface area (Å²) in [6.07, 6.45) is 15.7. The summed E-state index contributed by atoms with van der Waals surface area (Å²) >= 11 is 0. The smallest absolute Gasteiger partial charge is 0.213 e. The van der Waals surface area contributed by atoms with E-state index in [1.807, 2.05) is 0 Å². The molecule has 0 saturated carbocycles. The zero-order valence-corrected chi connectivity index (χ0v) is 19.4. The third-order valence-electron chi connectivity index (χ3n) is 5.19. The quantitative estimate of drug-likeness (QED) is 0.244. The topological polar surface area (TPSA) is 0 Å². The largest absolute Gasteiger partial charge is 2.00 e. The zero-order valence-electron chi connectivity index (χ0n) is 18.3. The van der Waals surface area contributed by atoms with E-state index in [4.69, 9.17) is 0 Å². The van der Waals surface area contributed by atoms with Crippen molar-refractivity contribution in [1.29, 1.82) is 0 Å². The molecule has 0 spiro atoms. The van der Waals surface area contributed by atoms with Crippen molar-refractivity contribution in [3.8, 4) is 0 Å². The number of hydrogen-bond acceptors (Lipinski definition) is 0. The molecule has 0 heterocycles. The van der Waals surface area contributed by atoms with E-state index in [1.54, 1.807) is 16.7 Å². The Balaban J connectivity index is 0.000000572. The van der Waals surface area contributed by atoms with E-state index in [-0.39, 0.29) is 17.1 Å². The predicted molar refractivity (Wildman–Crippen MR) is 119 cm³/mol. The molecule has 0 N–H and O–H groups in total. The molecule has 154 valence electrons. The molecule has 1 heteroatoms. The van der Waals surface area contributed by atoms with Crippen molar-refractivity contribution < 1.29 is 17.1 Å². The summed E-state index contributed by atoms with van der Waals surface area (Å²) in [6.45, 7) is 9.09. The Morgan fingerprint density at radius 3 is 2.00 bits per heavy atom. The van der Waals surface area contributed by atoms with E-state index in [2.05, 4.69) is 64.1 Å². The van der Waals surface area contributed by atoms with Gasteiger partial charge in [-0.3, -0.25) is 0 Å². The molecule has 0 unspecified atom stereocenters. The van der Waals surface area contributed by atoms with Crippen molar-refractivity contribution in [3.63, 3.8) is 0 Å². The van der Waals surface area contributed by atoms with E-state index >= 15 is 0 Å². The van der Waals surface area contributed by atoms with Gasteiger partial charge in [-0.05, 0) is 0 Å². The molecule has 0 nitrogen and oxygen atoms in total. The van der Waals surface area contributed by atoms with Crippen molar-refractivity contribution in [2.24, 2.45) is 0 Å². The Labute approximate surface area is 180 Å². The average molecular weight is 410 g/mol. The Kier molecular flexibility index (Phi) is 16.8. The van der Waals surface area contributed by atoms with Gasteiger partial charge in [0.2, 0.25) is 0 Å². The molecule has 2 aromatic carbocycles. The molecule has 0 aliphatic heterocycles. The van der Waals surface area contributed by atoms with Crippen LogP contribution in [-0.4, -0.2) is 0 Å². The summed E-state index contributed by atoms with van der Waals surface area (Å²) < 4.78 is 0. The normalized spacial score (nSPS) is 10.2. The Morgan fingerprint density at radius 2 is 1.41 bits per heavy atom.